The second kappa shape index (κ2) is 9.53. The van der Waals surface area contributed by atoms with E-state index in [2.05, 4.69) is 29.0 Å². The molecule has 1 N–H and O–H groups in total. The molecule has 158 valence electrons. The second-order valence-electron chi connectivity index (χ2n) is 7.36. The van der Waals surface area contributed by atoms with Crippen LogP contribution >= 0.6 is 0 Å². The molecule has 4 rings (SSSR count). The molecule has 1 amide bonds. The van der Waals surface area contributed by atoms with E-state index in [0.717, 1.165) is 47.8 Å². The summed E-state index contributed by atoms with van der Waals surface area (Å²) in [5, 5.41) is 7.81. The van der Waals surface area contributed by atoms with Gasteiger partial charge in [-0.25, -0.2) is 9.50 Å². The van der Waals surface area contributed by atoms with Gasteiger partial charge in [0.05, 0.1) is 17.6 Å². The van der Waals surface area contributed by atoms with Crippen LogP contribution in [0.15, 0.2) is 72.9 Å². The van der Waals surface area contributed by atoms with Gasteiger partial charge in [0.2, 0.25) is 0 Å². The number of rotatable bonds is 8. The third-order valence-electron chi connectivity index (χ3n) is 5.46. The minimum atomic E-state index is -0.0687. The van der Waals surface area contributed by atoms with E-state index in [1.807, 2.05) is 71.2 Å². The van der Waals surface area contributed by atoms with Crippen molar-refractivity contribution in [1.82, 2.24) is 24.8 Å². The van der Waals surface area contributed by atoms with Gasteiger partial charge in [-0.2, -0.15) is 5.10 Å². The summed E-state index contributed by atoms with van der Waals surface area (Å²) in [7, 11) is 0. The zero-order valence-corrected chi connectivity index (χ0v) is 18.0. The summed E-state index contributed by atoms with van der Waals surface area (Å²) in [5.41, 5.74) is 5.07. The topological polar surface area (TPSA) is 62.5 Å². The molecule has 2 heterocycles. The van der Waals surface area contributed by atoms with Crippen LogP contribution in [-0.2, 0) is 0 Å². The van der Waals surface area contributed by atoms with Crippen molar-refractivity contribution in [3.63, 3.8) is 0 Å². The number of carbonyl (C=O) groups excluding carboxylic acids is 1. The number of aromatic nitrogens is 3. The Bertz CT molecular complexity index is 1160. The van der Waals surface area contributed by atoms with Crippen LogP contribution in [-0.4, -0.2) is 51.6 Å². The first-order valence-corrected chi connectivity index (χ1v) is 10.7. The van der Waals surface area contributed by atoms with E-state index in [4.69, 9.17) is 5.10 Å². The largest absolute Gasteiger partial charge is 0.351 e. The van der Waals surface area contributed by atoms with E-state index in [-0.39, 0.29) is 5.91 Å². The van der Waals surface area contributed by atoms with E-state index < -0.39 is 0 Å². The molecule has 6 nitrogen and oxygen atoms in total. The van der Waals surface area contributed by atoms with Crippen molar-refractivity contribution in [3.05, 3.63) is 78.5 Å². The Balaban J connectivity index is 1.58. The molecule has 4 aromatic rings. The highest BCUT2D eigenvalue weighted by molar-refractivity contribution is 5.95. The van der Waals surface area contributed by atoms with E-state index in [1.165, 1.54) is 0 Å². The van der Waals surface area contributed by atoms with Crippen molar-refractivity contribution in [2.24, 2.45) is 0 Å². The first-order chi connectivity index (χ1) is 15.2. The molecule has 2 aromatic carbocycles. The molecule has 0 bridgehead atoms. The van der Waals surface area contributed by atoms with E-state index in [1.54, 1.807) is 6.20 Å². The molecule has 0 aliphatic rings. The quantitative estimate of drug-likeness (QED) is 0.472. The Labute approximate surface area is 182 Å². The summed E-state index contributed by atoms with van der Waals surface area (Å²) in [5.74, 6) is -0.0687. The third kappa shape index (κ3) is 4.64. The van der Waals surface area contributed by atoms with Gasteiger partial charge in [-0.05, 0) is 37.4 Å². The molecule has 0 atom stereocenters. The molecule has 31 heavy (non-hydrogen) atoms. The molecule has 0 radical (unpaired) electrons. The van der Waals surface area contributed by atoms with Gasteiger partial charge < -0.3 is 10.2 Å². The lowest BCUT2D eigenvalue weighted by molar-refractivity contribution is 0.0949. The Kier molecular flexibility index (Phi) is 6.38. The number of hydrogen-bond donors (Lipinski definition) is 1. The van der Waals surface area contributed by atoms with Gasteiger partial charge in [-0.1, -0.05) is 56.3 Å². The first kappa shape index (κ1) is 20.8. The average Bonchev–Trinajstić information content (AvgIpc) is 3.26. The average molecular weight is 414 g/mol. The van der Waals surface area contributed by atoms with Crippen LogP contribution in [0.3, 0.4) is 0 Å². The lowest BCUT2D eigenvalue weighted by Crippen LogP contribution is -2.34. The maximum absolute atomic E-state index is 12.7. The zero-order chi connectivity index (χ0) is 21.6. The highest BCUT2D eigenvalue weighted by Gasteiger charge is 2.12. The summed E-state index contributed by atoms with van der Waals surface area (Å²) >= 11 is 0. The van der Waals surface area contributed by atoms with Crippen LogP contribution < -0.4 is 5.32 Å². The van der Waals surface area contributed by atoms with Gasteiger partial charge in [-0.3, -0.25) is 4.79 Å². The SMILES string of the molecule is CCN(CC)CCNC(=O)c1cccc(-c2cnc3ccc(-c4ccccc4)nn23)c1. The van der Waals surface area contributed by atoms with Crippen molar-refractivity contribution in [3.8, 4) is 22.5 Å². The minimum Gasteiger partial charge on any atom is -0.351 e. The molecule has 0 aliphatic heterocycles. The summed E-state index contributed by atoms with van der Waals surface area (Å²) in [6.07, 6.45) is 1.80. The van der Waals surface area contributed by atoms with Crippen LogP contribution in [0.1, 0.15) is 24.2 Å². The van der Waals surface area contributed by atoms with Crippen LogP contribution in [0, 0.1) is 0 Å². The standard InChI is InChI=1S/C25H27N5O/c1-3-29(4-2)16-15-26-25(31)21-12-8-11-20(17-21)23-18-27-24-14-13-22(28-30(23)24)19-9-6-5-7-10-19/h5-14,17-18H,3-4,15-16H2,1-2H3,(H,26,31). The molecular weight excluding hydrogens is 386 g/mol. The molecule has 0 unspecified atom stereocenters. The Morgan fingerprint density at radius 2 is 1.74 bits per heavy atom. The Hall–Kier alpha value is -3.51. The molecule has 6 heteroatoms. The fourth-order valence-electron chi connectivity index (χ4n) is 3.62. The van der Waals surface area contributed by atoms with Crippen molar-refractivity contribution in [1.29, 1.82) is 0 Å². The van der Waals surface area contributed by atoms with E-state index in [0.29, 0.717) is 12.1 Å². The predicted octanol–water partition coefficient (Wildman–Crippen LogP) is 4.13. The number of imidazole rings is 1. The predicted molar refractivity (Wildman–Crippen MR) is 124 cm³/mol. The molecule has 2 aromatic heterocycles. The van der Waals surface area contributed by atoms with Crippen LogP contribution in [0.25, 0.3) is 28.2 Å². The summed E-state index contributed by atoms with van der Waals surface area (Å²) < 4.78 is 1.83. The third-order valence-corrected chi connectivity index (χ3v) is 5.46. The number of nitrogens with one attached hydrogen (secondary N) is 1. The van der Waals surface area contributed by atoms with Crippen LogP contribution in [0.5, 0.6) is 0 Å². The summed E-state index contributed by atoms with van der Waals surface area (Å²) in [6.45, 7) is 7.69. The maximum atomic E-state index is 12.7. The van der Waals surface area contributed by atoms with E-state index >= 15 is 0 Å². The zero-order valence-electron chi connectivity index (χ0n) is 18.0. The molecule has 0 fully saturated rings. The number of carbonyl (C=O) groups is 1. The molecular formula is C25H27N5O. The summed E-state index contributed by atoms with van der Waals surface area (Å²) in [4.78, 5) is 19.4. The lowest BCUT2D eigenvalue weighted by atomic mass is 10.1. The molecule has 0 saturated carbocycles. The van der Waals surface area contributed by atoms with Crippen molar-refractivity contribution >= 4 is 11.6 Å². The molecule has 0 saturated heterocycles. The van der Waals surface area contributed by atoms with Crippen molar-refractivity contribution in [2.75, 3.05) is 26.2 Å². The molecule has 0 aliphatic carbocycles. The molecule has 0 spiro atoms. The Morgan fingerprint density at radius 3 is 2.52 bits per heavy atom. The van der Waals surface area contributed by atoms with Crippen LogP contribution in [0.4, 0.5) is 0 Å². The van der Waals surface area contributed by atoms with Gasteiger partial charge in [0.15, 0.2) is 5.65 Å². The van der Waals surface area contributed by atoms with Crippen molar-refractivity contribution < 1.29 is 4.79 Å². The van der Waals surface area contributed by atoms with Gasteiger partial charge in [0.25, 0.3) is 5.91 Å². The number of benzene rings is 2. The number of likely N-dealkylation sites (N-methyl/N-ethyl adjacent to an activating group) is 1. The number of nitrogens with zero attached hydrogens (tertiary/aromatic N) is 4. The smallest absolute Gasteiger partial charge is 0.251 e. The monoisotopic (exact) mass is 413 g/mol. The second-order valence-corrected chi connectivity index (χ2v) is 7.36. The minimum absolute atomic E-state index is 0.0687. The number of hydrogen-bond acceptors (Lipinski definition) is 4. The van der Waals surface area contributed by atoms with Gasteiger partial charge in [0, 0.05) is 29.8 Å². The first-order valence-electron chi connectivity index (χ1n) is 10.7. The van der Waals surface area contributed by atoms with E-state index in [9.17, 15) is 4.79 Å². The lowest BCUT2D eigenvalue weighted by Gasteiger charge is -2.18. The van der Waals surface area contributed by atoms with Gasteiger partial charge in [0.1, 0.15) is 0 Å². The maximum Gasteiger partial charge on any atom is 0.251 e. The number of amides is 1. The van der Waals surface area contributed by atoms with Gasteiger partial charge in [-0.15, -0.1) is 0 Å². The summed E-state index contributed by atoms with van der Waals surface area (Å²) in [6, 6.07) is 21.6. The highest BCUT2D eigenvalue weighted by Crippen LogP contribution is 2.23. The van der Waals surface area contributed by atoms with Crippen molar-refractivity contribution in [2.45, 2.75) is 13.8 Å². The fourth-order valence-corrected chi connectivity index (χ4v) is 3.62. The van der Waals surface area contributed by atoms with Gasteiger partial charge >= 0.3 is 0 Å². The Morgan fingerprint density at radius 1 is 0.968 bits per heavy atom. The number of fused-ring (bicyclic) bond motifs is 1. The normalized spacial score (nSPS) is 11.2. The highest BCUT2D eigenvalue weighted by atomic mass is 16.1. The fraction of sp³-hybridized carbons (Fsp3) is 0.240. The van der Waals surface area contributed by atoms with Crippen LogP contribution in [0.2, 0.25) is 0 Å².